The number of ether oxygens (including phenoxy) is 1. The molecule has 3 rings (SSSR count). The minimum atomic E-state index is -1.94. The highest BCUT2D eigenvalue weighted by Gasteiger charge is 2.55. The van der Waals surface area contributed by atoms with Gasteiger partial charge < -0.3 is 29.6 Å². The zero-order chi connectivity index (χ0) is 30.9. The number of carbonyl (C=O) groups is 5. The molecular weight excluding hydrogens is 545 g/mol. The van der Waals surface area contributed by atoms with E-state index in [1.165, 1.54) is 37.6 Å². The number of methoxy groups -OCH3 is 1. The van der Waals surface area contributed by atoms with Crippen LogP contribution < -0.4 is 10.6 Å². The summed E-state index contributed by atoms with van der Waals surface area (Å²) in [6, 6.07) is 8.04. The minimum absolute atomic E-state index is 0.0165. The fraction of sp³-hybridized carbons (Fsp3) is 0.464. The van der Waals surface area contributed by atoms with Crippen molar-refractivity contribution in [3.8, 4) is 0 Å². The molecule has 2 heterocycles. The molecule has 0 bridgehead atoms. The Labute approximate surface area is 244 Å². The molecule has 1 aromatic heterocycles. The Morgan fingerprint density at radius 3 is 2.43 bits per heavy atom. The van der Waals surface area contributed by atoms with Crippen molar-refractivity contribution < 1.29 is 38.0 Å². The molecule has 14 heteroatoms. The molecule has 1 fully saturated rings. The highest BCUT2D eigenvalue weighted by atomic mass is 16.7. The van der Waals surface area contributed by atoms with Crippen molar-refractivity contribution in [2.24, 2.45) is 5.92 Å². The number of benzene rings is 1. The second kappa shape index (κ2) is 14.5. The van der Waals surface area contributed by atoms with Crippen LogP contribution in [0.3, 0.4) is 0 Å². The lowest BCUT2D eigenvalue weighted by molar-refractivity contribution is -0.176. The number of aromatic nitrogens is 2. The first kappa shape index (κ1) is 32.2. The number of nitrogens with one attached hydrogen (secondary N) is 2. The summed E-state index contributed by atoms with van der Waals surface area (Å²) >= 11 is 0. The van der Waals surface area contributed by atoms with Gasteiger partial charge >= 0.3 is 13.1 Å². The SMILES string of the molecule is COC(=O)[C@@]1(CC(=O)N(C)C)CC(=O)OB([C@H](CC(C)C)NC(=O)[C@H](Cc2ccccc2)NC(=O)c2cnccn2)O1. The maximum Gasteiger partial charge on any atom is 0.552 e. The van der Waals surface area contributed by atoms with Crippen molar-refractivity contribution in [2.45, 2.75) is 57.1 Å². The van der Waals surface area contributed by atoms with Crippen LogP contribution in [-0.2, 0) is 39.6 Å². The van der Waals surface area contributed by atoms with Crippen LogP contribution in [0, 0.1) is 5.92 Å². The lowest BCUT2D eigenvalue weighted by atomic mass is 9.70. The summed E-state index contributed by atoms with van der Waals surface area (Å²) in [7, 11) is 2.73. The van der Waals surface area contributed by atoms with Gasteiger partial charge in [-0.15, -0.1) is 0 Å². The molecule has 2 aromatic rings. The third kappa shape index (κ3) is 8.59. The van der Waals surface area contributed by atoms with E-state index >= 15 is 0 Å². The van der Waals surface area contributed by atoms with Gasteiger partial charge in [0.25, 0.3) is 11.9 Å². The maximum absolute atomic E-state index is 13.7. The largest absolute Gasteiger partial charge is 0.552 e. The molecule has 3 atom stereocenters. The topological polar surface area (TPSA) is 166 Å². The van der Waals surface area contributed by atoms with Crippen LogP contribution in [0.2, 0.25) is 0 Å². The van der Waals surface area contributed by atoms with Crippen LogP contribution in [0.5, 0.6) is 0 Å². The molecule has 1 aliphatic heterocycles. The molecule has 0 aliphatic carbocycles. The minimum Gasteiger partial charge on any atom is -0.508 e. The van der Waals surface area contributed by atoms with Gasteiger partial charge in [-0.1, -0.05) is 44.2 Å². The van der Waals surface area contributed by atoms with Crippen molar-refractivity contribution in [3.05, 3.63) is 60.2 Å². The summed E-state index contributed by atoms with van der Waals surface area (Å²) in [5.74, 6) is -4.31. The van der Waals surface area contributed by atoms with Crippen molar-refractivity contribution in [1.29, 1.82) is 0 Å². The highest BCUT2D eigenvalue weighted by Crippen LogP contribution is 2.31. The first-order valence-electron chi connectivity index (χ1n) is 13.5. The Balaban J connectivity index is 1.90. The van der Waals surface area contributed by atoms with E-state index in [1.54, 1.807) is 0 Å². The Hall–Kier alpha value is -4.33. The molecule has 0 radical (unpaired) electrons. The van der Waals surface area contributed by atoms with Crippen molar-refractivity contribution >= 4 is 36.8 Å². The molecule has 42 heavy (non-hydrogen) atoms. The van der Waals surface area contributed by atoms with Gasteiger partial charge in [-0.3, -0.25) is 24.2 Å². The molecule has 1 saturated heterocycles. The quantitative estimate of drug-likeness (QED) is 0.270. The molecule has 0 unspecified atom stereocenters. The third-order valence-electron chi connectivity index (χ3n) is 6.59. The predicted octanol–water partition coefficient (Wildman–Crippen LogP) is 0.730. The van der Waals surface area contributed by atoms with Crippen LogP contribution in [0.4, 0.5) is 0 Å². The van der Waals surface area contributed by atoms with Crippen molar-refractivity contribution in [1.82, 2.24) is 25.5 Å². The molecule has 3 amide bonds. The monoisotopic (exact) mass is 581 g/mol. The number of hydrogen-bond acceptors (Lipinski definition) is 10. The molecule has 224 valence electrons. The second-order valence-corrected chi connectivity index (χ2v) is 10.7. The zero-order valence-electron chi connectivity index (χ0n) is 24.4. The Morgan fingerprint density at radius 1 is 1.12 bits per heavy atom. The van der Waals surface area contributed by atoms with E-state index in [9.17, 15) is 24.0 Å². The summed E-state index contributed by atoms with van der Waals surface area (Å²) in [6.07, 6.45) is 3.48. The third-order valence-corrected chi connectivity index (χ3v) is 6.59. The van der Waals surface area contributed by atoms with E-state index in [1.807, 2.05) is 44.2 Å². The molecule has 0 saturated carbocycles. The average molecular weight is 581 g/mol. The van der Waals surface area contributed by atoms with E-state index < -0.39 is 67.2 Å². The van der Waals surface area contributed by atoms with E-state index in [4.69, 9.17) is 14.0 Å². The Kier molecular flexibility index (Phi) is 11.1. The molecular formula is C28H36BN5O8. The normalized spacial score (nSPS) is 18.0. The van der Waals surface area contributed by atoms with Gasteiger partial charge in [-0.2, -0.15) is 0 Å². The van der Waals surface area contributed by atoms with Gasteiger partial charge in [-0.25, -0.2) is 9.78 Å². The smallest absolute Gasteiger partial charge is 0.508 e. The fourth-order valence-electron chi connectivity index (χ4n) is 4.48. The number of nitrogens with zero attached hydrogens (tertiary/aromatic N) is 3. The van der Waals surface area contributed by atoms with Crippen LogP contribution in [0.1, 0.15) is 49.2 Å². The summed E-state index contributed by atoms with van der Waals surface area (Å²) in [5, 5.41) is 5.56. The summed E-state index contributed by atoms with van der Waals surface area (Å²) in [6.45, 7) is 3.79. The van der Waals surface area contributed by atoms with Crippen molar-refractivity contribution in [3.63, 3.8) is 0 Å². The number of amides is 3. The van der Waals surface area contributed by atoms with Gasteiger partial charge in [0.05, 0.1) is 32.1 Å². The number of rotatable bonds is 12. The summed E-state index contributed by atoms with van der Waals surface area (Å²) in [5.41, 5.74) is -1.13. The van der Waals surface area contributed by atoms with Gasteiger partial charge in [0, 0.05) is 32.9 Å². The Morgan fingerprint density at radius 2 is 1.83 bits per heavy atom. The number of hydrogen-bond donors (Lipinski definition) is 2. The van der Waals surface area contributed by atoms with Crippen LogP contribution in [-0.4, -0.2) is 90.4 Å². The van der Waals surface area contributed by atoms with Crippen LogP contribution in [0.25, 0.3) is 0 Å². The summed E-state index contributed by atoms with van der Waals surface area (Å²) < 4.78 is 16.4. The van der Waals surface area contributed by atoms with E-state index in [0.29, 0.717) is 0 Å². The lowest BCUT2D eigenvalue weighted by Gasteiger charge is -2.39. The van der Waals surface area contributed by atoms with Gasteiger partial charge in [0.1, 0.15) is 11.7 Å². The molecule has 13 nitrogen and oxygen atoms in total. The average Bonchev–Trinajstić information content (AvgIpc) is 2.96. The maximum atomic E-state index is 13.7. The molecule has 1 aromatic carbocycles. The Bertz CT molecular complexity index is 1260. The van der Waals surface area contributed by atoms with E-state index in [0.717, 1.165) is 12.7 Å². The first-order valence-corrected chi connectivity index (χ1v) is 13.5. The first-order chi connectivity index (χ1) is 19.9. The molecule has 0 spiro atoms. The summed E-state index contributed by atoms with van der Waals surface area (Å²) in [4.78, 5) is 74.2. The standard InChI is InChI=1S/C28H36BN5O8/c1-18(2)13-22(29-41-24(36)16-28(42-29,27(39)40-5)15-23(35)34(3)4)33-25(37)20(14-19-9-7-6-8-10-19)32-26(38)21-17-30-11-12-31-21/h6-12,17-18,20,22H,13-16H2,1-5H3,(H,32,38)(H,33,37)/t20-,22-,28+/m0/s1. The number of esters is 1. The highest BCUT2D eigenvalue weighted by molar-refractivity contribution is 6.50. The second-order valence-electron chi connectivity index (χ2n) is 10.7. The van der Waals surface area contributed by atoms with Gasteiger partial charge in [-0.05, 0) is 17.9 Å². The van der Waals surface area contributed by atoms with Gasteiger partial charge in [0.2, 0.25) is 11.8 Å². The van der Waals surface area contributed by atoms with E-state index in [2.05, 4.69) is 20.6 Å². The molecule has 1 aliphatic rings. The van der Waals surface area contributed by atoms with Gasteiger partial charge in [0.15, 0.2) is 5.60 Å². The van der Waals surface area contributed by atoms with Crippen molar-refractivity contribution in [2.75, 3.05) is 21.2 Å². The van der Waals surface area contributed by atoms with Crippen LogP contribution in [0.15, 0.2) is 48.9 Å². The zero-order valence-corrected chi connectivity index (χ0v) is 24.4. The predicted molar refractivity (Wildman–Crippen MR) is 150 cm³/mol. The van der Waals surface area contributed by atoms with Crippen LogP contribution >= 0.6 is 0 Å². The molecule has 2 N–H and O–H groups in total. The lowest BCUT2D eigenvalue weighted by Crippen LogP contribution is -2.63. The fourth-order valence-corrected chi connectivity index (χ4v) is 4.48. The number of carbonyl (C=O) groups excluding carboxylic acids is 5. The van der Waals surface area contributed by atoms with E-state index in [-0.39, 0.29) is 24.5 Å².